The zero-order chi connectivity index (χ0) is 24.9. The van der Waals surface area contributed by atoms with Crippen molar-refractivity contribution in [3.63, 3.8) is 0 Å². The van der Waals surface area contributed by atoms with Gasteiger partial charge in [0.1, 0.15) is 6.04 Å². The van der Waals surface area contributed by atoms with E-state index in [0.29, 0.717) is 0 Å². The third-order valence-corrected chi connectivity index (χ3v) is 8.27. The lowest BCUT2D eigenvalue weighted by Crippen LogP contribution is -2.50. The lowest BCUT2D eigenvalue weighted by atomic mass is 10.0. The summed E-state index contributed by atoms with van der Waals surface area (Å²) in [5.74, 6) is -1.63. The van der Waals surface area contributed by atoms with E-state index in [-0.39, 0.29) is 46.2 Å². The van der Waals surface area contributed by atoms with Gasteiger partial charge in [-0.1, -0.05) is 27.7 Å². The van der Waals surface area contributed by atoms with Crippen LogP contribution in [0.4, 0.5) is 5.69 Å². The minimum Gasteiger partial charge on any atom is -0.354 e. The number of amides is 3. The lowest BCUT2D eigenvalue weighted by Gasteiger charge is -2.31. The molecule has 1 unspecified atom stereocenters. The van der Waals surface area contributed by atoms with Gasteiger partial charge < -0.3 is 14.4 Å². The van der Waals surface area contributed by atoms with E-state index >= 15 is 0 Å². The Kier molecular flexibility index (Phi) is 6.48. The Morgan fingerprint density at radius 3 is 2.06 bits per heavy atom. The van der Waals surface area contributed by atoms with Gasteiger partial charge in [0.2, 0.25) is 21.8 Å². The van der Waals surface area contributed by atoms with E-state index in [4.69, 9.17) is 14.6 Å². The van der Waals surface area contributed by atoms with Crippen molar-refractivity contribution in [3.8, 4) is 0 Å². The van der Waals surface area contributed by atoms with E-state index in [0.717, 1.165) is 4.90 Å². The van der Waals surface area contributed by atoms with Crippen LogP contribution in [0.2, 0.25) is 0 Å². The Morgan fingerprint density at radius 1 is 1.12 bits per heavy atom. The van der Waals surface area contributed by atoms with Crippen molar-refractivity contribution in [2.75, 3.05) is 25.7 Å². The Morgan fingerprint density at radius 2 is 1.64 bits per heavy atom. The second-order valence-electron chi connectivity index (χ2n) is 9.59. The van der Waals surface area contributed by atoms with E-state index in [1.807, 2.05) is 27.7 Å². The standard InChI is InChI=1S/C22H31N3O7S/c1-21(2)18(22(21,3)4)20(28)24(12-17(31-5)32-6)15-11-16(26)25(19(15)27)13-7-9-14(10-8-13)33(23,29)30/h7-10,15,17-18H,11-12H2,1-6H3,(H2,23,29,30). The molecular weight excluding hydrogens is 450 g/mol. The molecule has 1 heterocycles. The summed E-state index contributed by atoms with van der Waals surface area (Å²) in [4.78, 5) is 42.0. The fraction of sp³-hybridized carbons (Fsp3) is 0.591. The molecular formula is C22H31N3O7S. The number of rotatable bonds is 8. The van der Waals surface area contributed by atoms with Crippen molar-refractivity contribution < 1.29 is 32.3 Å². The van der Waals surface area contributed by atoms with Crippen LogP contribution in [0.1, 0.15) is 34.1 Å². The van der Waals surface area contributed by atoms with Crippen molar-refractivity contribution >= 4 is 33.4 Å². The molecule has 1 aliphatic carbocycles. The minimum atomic E-state index is -3.92. The smallest absolute Gasteiger partial charge is 0.257 e. The summed E-state index contributed by atoms with van der Waals surface area (Å²) in [5, 5.41) is 5.12. The number of carbonyl (C=O) groups is 3. The van der Waals surface area contributed by atoms with Gasteiger partial charge in [0.05, 0.1) is 23.5 Å². The lowest BCUT2D eigenvalue weighted by molar-refractivity contribution is -0.154. The second-order valence-corrected chi connectivity index (χ2v) is 11.2. The molecule has 2 N–H and O–H groups in total. The summed E-state index contributed by atoms with van der Waals surface area (Å²) >= 11 is 0. The highest BCUT2D eigenvalue weighted by atomic mass is 32.2. The van der Waals surface area contributed by atoms with Gasteiger partial charge in [-0.05, 0) is 35.1 Å². The SMILES string of the molecule is COC(CN(C(=O)C1C(C)(C)C1(C)C)C1CC(=O)N(c2ccc(S(N)(=O)=O)cc2)C1=O)OC. The number of hydrogen-bond donors (Lipinski definition) is 1. The largest absolute Gasteiger partial charge is 0.354 e. The summed E-state index contributed by atoms with van der Waals surface area (Å²) in [5.41, 5.74) is -0.339. The third-order valence-electron chi connectivity index (χ3n) is 7.34. The summed E-state index contributed by atoms with van der Waals surface area (Å²) < 4.78 is 33.5. The Balaban J connectivity index is 1.92. The molecule has 182 valence electrons. The number of imide groups is 1. The summed E-state index contributed by atoms with van der Waals surface area (Å²) in [6.45, 7) is 7.98. The van der Waals surface area contributed by atoms with Gasteiger partial charge in [-0.2, -0.15) is 0 Å². The van der Waals surface area contributed by atoms with Crippen molar-refractivity contribution in [2.45, 2.75) is 51.3 Å². The van der Waals surface area contributed by atoms with Gasteiger partial charge in [-0.15, -0.1) is 0 Å². The maximum atomic E-state index is 13.6. The van der Waals surface area contributed by atoms with Crippen LogP contribution in [0, 0.1) is 16.7 Å². The highest BCUT2D eigenvalue weighted by molar-refractivity contribution is 7.89. The molecule has 2 fully saturated rings. The maximum absolute atomic E-state index is 13.6. The average Bonchev–Trinajstić information content (AvgIpc) is 2.96. The molecule has 0 spiro atoms. The van der Waals surface area contributed by atoms with Crippen molar-refractivity contribution in [1.29, 1.82) is 0 Å². The number of ether oxygens (including phenoxy) is 2. The monoisotopic (exact) mass is 481 g/mol. The number of nitrogens with zero attached hydrogens (tertiary/aromatic N) is 2. The van der Waals surface area contributed by atoms with E-state index in [1.54, 1.807) is 0 Å². The number of carbonyl (C=O) groups excluding carboxylic acids is 3. The molecule has 11 heteroatoms. The van der Waals surface area contributed by atoms with Crippen LogP contribution in [0.3, 0.4) is 0 Å². The first kappa shape index (κ1) is 25.3. The maximum Gasteiger partial charge on any atom is 0.257 e. The van der Waals surface area contributed by atoms with Crippen molar-refractivity contribution in [1.82, 2.24) is 4.90 Å². The molecule has 0 radical (unpaired) electrons. The summed E-state index contributed by atoms with van der Waals surface area (Å²) in [7, 11) is -1.05. The molecule has 1 aromatic rings. The molecule has 1 saturated heterocycles. The molecule has 1 aromatic carbocycles. The Hall–Kier alpha value is -2.34. The number of benzene rings is 1. The molecule has 3 rings (SSSR count). The molecule has 1 aliphatic heterocycles. The summed E-state index contributed by atoms with van der Waals surface area (Å²) in [6, 6.07) is 4.10. The van der Waals surface area contributed by atoms with Gasteiger partial charge in [-0.3, -0.25) is 14.4 Å². The first-order valence-corrected chi connectivity index (χ1v) is 12.1. The second kappa shape index (κ2) is 8.46. The number of nitrogens with two attached hydrogens (primary N) is 1. The minimum absolute atomic E-state index is 0.0175. The number of anilines is 1. The molecule has 1 atom stereocenters. The van der Waals surface area contributed by atoms with Crippen LogP contribution < -0.4 is 10.0 Å². The quantitative estimate of drug-likeness (QED) is 0.434. The Labute approximate surface area is 194 Å². The third kappa shape index (κ3) is 4.30. The van der Waals surface area contributed by atoms with Crippen LogP contribution in [-0.2, 0) is 33.9 Å². The predicted molar refractivity (Wildman–Crippen MR) is 119 cm³/mol. The van der Waals surface area contributed by atoms with Crippen LogP contribution in [-0.4, -0.2) is 64.1 Å². The number of hydrogen-bond acceptors (Lipinski definition) is 7. The fourth-order valence-corrected chi connectivity index (χ4v) is 5.19. The van der Waals surface area contributed by atoms with Crippen LogP contribution >= 0.6 is 0 Å². The van der Waals surface area contributed by atoms with Crippen LogP contribution in [0.25, 0.3) is 0 Å². The normalized spacial score (nSPS) is 22.2. The van der Waals surface area contributed by atoms with E-state index in [1.165, 1.54) is 43.4 Å². The zero-order valence-corrected chi connectivity index (χ0v) is 20.5. The zero-order valence-electron chi connectivity index (χ0n) is 19.7. The number of primary sulfonamides is 1. The highest BCUT2D eigenvalue weighted by Crippen LogP contribution is 2.69. The molecule has 0 aromatic heterocycles. The van der Waals surface area contributed by atoms with Crippen molar-refractivity contribution in [2.24, 2.45) is 21.9 Å². The van der Waals surface area contributed by atoms with E-state index < -0.39 is 34.2 Å². The van der Waals surface area contributed by atoms with Crippen molar-refractivity contribution in [3.05, 3.63) is 24.3 Å². The average molecular weight is 482 g/mol. The van der Waals surface area contributed by atoms with Gasteiger partial charge in [0.15, 0.2) is 6.29 Å². The molecule has 0 bridgehead atoms. The van der Waals surface area contributed by atoms with Crippen LogP contribution in [0.5, 0.6) is 0 Å². The molecule has 33 heavy (non-hydrogen) atoms. The highest BCUT2D eigenvalue weighted by Gasteiger charge is 2.69. The van der Waals surface area contributed by atoms with E-state index in [2.05, 4.69) is 0 Å². The number of sulfonamides is 1. The topological polar surface area (TPSA) is 136 Å². The fourth-order valence-electron chi connectivity index (χ4n) is 4.67. The molecule has 10 nitrogen and oxygen atoms in total. The van der Waals surface area contributed by atoms with E-state index in [9.17, 15) is 22.8 Å². The van der Waals surface area contributed by atoms with Gasteiger partial charge in [0, 0.05) is 20.1 Å². The van der Waals surface area contributed by atoms with Gasteiger partial charge >= 0.3 is 0 Å². The van der Waals surface area contributed by atoms with Crippen LogP contribution in [0.15, 0.2) is 29.2 Å². The predicted octanol–water partition coefficient (Wildman–Crippen LogP) is 1.10. The molecule has 2 aliphatic rings. The number of methoxy groups -OCH3 is 2. The first-order valence-electron chi connectivity index (χ1n) is 10.5. The molecule has 3 amide bonds. The Bertz CT molecular complexity index is 1050. The van der Waals surface area contributed by atoms with Gasteiger partial charge in [0.25, 0.3) is 5.91 Å². The summed E-state index contributed by atoms with van der Waals surface area (Å²) in [6.07, 6.45) is -0.972. The van der Waals surface area contributed by atoms with Gasteiger partial charge in [-0.25, -0.2) is 18.5 Å². The molecule has 1 saturated carbocycles. The first-order chi connectivity index (χ1) is 15.2.